The number of amides is 2. The smallest absolute Gasteiger partial charge is 0.255 e. The summed E-state index contributed by atoms with van der Waals surface area (Å²) in [5, 5.41) is 12.1. The van der Waals surface area contributed by atoms with Crippen molar-refractivity contribution in [3.8, 4) is 0 Å². The van der Waals surface area contributed by atoms with Crippen molar-refractivity contribution in [3.05, 3.63) is 23.9 Å². The Morgan fingerprint density at radius 2 is 2.12 bits per heavy atom. The van der Waals surface area contributed by atoms with Crippen LogP contribution in [0.1, 0.15) is 43.0 Å². The van der Waals surface area contributed by atoms with Crippen molar-refractivity contribution in [2.24, 2.45) is 5.92 Å². The highest BCUT2D eigenvalue weighted by Crippen LogP contribution is 2.22. The van der Waals surface area contributed by atoms with Gasteiger partial charge in [0.15, 0.2) is 0 Å². The van der Waals surface area contributed by atoms with Gasteiger partial charge in [0.2, 0.25) is 5.91 Å². The van der Waals surface area contributed by atoms with E-state index in [-0.39, 0.29) is 24.5 Å². The molecule has 7 heteroatoms. The number of anilines is 1. The number of pyridine rings is 1. The summed E-state index contributed by atoms with van der Waals surface area (Å²) in [6.45, 7) is 5.08. The minimum absolute atomic E-state index is 0.00922. The third kappa shape index (κ3) is 4.52. The first-order valence-corrected chi connectivity index (χ1v) is 9.47. The monoisotopic (exact) mass is 360 g/mol. The number of aromatic nitrogens is 1. The van der Waals surface area contributed by atoms with Gasteiger partial charge in [-0.1, -0.05) is 0 Å². The lowest BCUT2D eigenvalue weighted by molar-refractivity contribution is -0.128. The molecular weight excluding hydrogens is 332 g/mol. The third-order valence-electron chi connectivity index (χ3n) is 5.23. The standard InChI is InChI=1S/C19H28N4O3/c1-14(13-24)21-17-5-4-16(11-20-17)19(26)22-9-6-15(7-10-22)12-23-8-2-3-18(23)25/h4-5,11,14-15,24H,2-3,6-10,12-13H2,1H3,(H,20,21)/t14-/m1/s1. The maximum absolute atomic E-state index is 12.7. The minimum atomic E-state index is -0.0782. The maximum atomic E-state index is 12.7. The zero-order valence-electron chi connectivity index (χ0n) is 15.4. The maximum Gasteiger partial charge on any atom is 0.255 e. The van der Waals surface area contributed by atoms with Gasteiger partial charge in [-0.25, -0.2) is 4.98 Å². The SMILES string of the molecule is C[C@H](CO)Nc1ccc(C(=O)N2CCC(CN3CCCC3=O)CC2)cn1. The highest BCUT2D eigenvalue weighted by molar-refractivity contribution is 5.94. The van der Waals surface area contributed by atoms with Crippen LogP contribution in [0.5, 0.6) is 0 Å². The number of aliphatic hydroxyl groups excluding tert-OH is 1. The van der Waals surface area contributed by atoms with Gasteiger partial charge in [0.1, 0.15) is 5.82 Å². The van der Waals surface area contributed by atoms with E-state index >= 15 is 0 Å². The summed E-state index contributed by atoms with van der Waals surface area (Å²) >= 11 is 0. The number of likely N-dealkylation sites (tertiary alicyclic amines) is 2. The second kappa shape index (κ2) is 8.49. The molecule has 26 heavy (non-hydrogen) atoms. The number of piperidine rings is 1. The van der Waals surface area contributed by atoms with E-state index in [1.54, 1.807) is 18.3 Å². The minimum Gasteiger partial charge on any atom is -0.394 e. The summed E-state index contributed by atoms with van der Waals surface area (Å²) in [4.78, 5) is 32.5. The molecule has 7 nitrogen and oxygen atoms in total. The molecule has 2 saturated heterocycles. The molecule has 3 rings (SSSR count). The van der Waals surface area contributed by atoms with Gasteiger partial charge in [0.05, 0.1) is 12.2 Å². The predicted octanol–water partition coefficient (Wildman–Crippen LogP) is 1.35. The van der Waals surface area contributed by atoms with Gasteiger partial charge in [-0.2, -0.15) is 0 Å². The normalized spacial score (nSPS) is 19.7. The molecule has 1 atom stereocenters. The molecule has 2 amide bonds. The van der Waals surface area contributed by atoms with Crippen LogP contribution in [0.25, 0.3) is 0 Å². The van der Waals surface area contributed by atoms with Gasteiger partial charge in [-0.05, 0) is 44.2 Å². The van der Waals surface area contributed by atoms with Crippen LogP contribution in [0.3, 0.4) is 0 Å². The fraction of sp³-hybridized carbons (Fsp3) is 0.632. The van der Waals surface area contributed by atoms with Crippen LogP contribution in [0.15, 0.2) is 18.3 Å². The van der Waals surface area contributed by atoms with Gasteiger partial charge < -0.3 is 20.2 Å². The van der Waals surface area contributed by atoms with E-state index in [1.807, 2.05) is 16.7 Å². The second-order valence-electron chi connectivity index (χ2n) is 7.34. The summed E-state index contributed by atoms with van der Waals surface area (Å²) in [5.41, 5.74) is 0.584. The number of aliphatic hydroxyl groups is 1. The first kappa shape index (κ1) is 18.6. The highest BCUT2D eigenvalue weighted by atomic mass is 16.3. The zero-order valence-corrected chi connectivity index (χ0v) is 15.4. The van der Waals surface area contributed by atoms with Crippen LogP contribution in [-0.2, 0) is 4.79 Å². The number of carbonyl (C=O) groups excluding carboxylic acids is 2. The van der Waals surface area contributed by atoms with Gasteiger partial charge in [-0.3, -0.25) is 9.59 Å². The van der Waals surface area contributed by atoms with Crippen molar-refractivity contribution in [1.82, 2.24) is 14.8 Å². The summed E-state index contributed by atoms with van der Waals surface area (Å²) < 4.78 is 0. The van der Waals surface area contributed by atoms with Crippen molar-refractivity contribution in [2.75, 3.05) is 38.1 Å². The van der Waals surface area contributed by atoms with Gasteiger partial charge in [-0.15, -0.1) is 0 Å². The zero-order chi connectivity index (χ0) is 18.5. The largest absolute Gasteiger partial charge is 0.394 e. The van der Waals surface area contributed by atoms with Gasteiger partial charge in [0, 0.05) is 44.8 Å². The fourth-order valence-corrected chi connectivity index (χ4v) is 3.61. The molecule has 0 radical (unpaired) electrons. The van der Waals surface area contributed by atoms with E-state index in [0.717, 1.165) is 45.4 Å². The van der Waals surface area contributed by atoms with Crippen LogP contribution in [0.4, 0.5) is 5.82 Å². The molecule has 0 aliphatic carbocycles. The molecule has 2 aliphatic rings. The molecule has 1 aromatic rings. The first-order valence-electron chi connectivity index (χ1n) is 9.47. The molecule has 2 aliphatic heterocycles. The summed E-state index contributed by atoms with van der Waals surface area (Å²) in [5.74, 6) is 1.43. The molecule has 142 valence electrons. The van der Waals surface area contributed by atoms with Crippen molar-refractivity contribution < 1.29 is 14.7 Å². The topological polar surface area (TPSA) is 85.8 Å². The molecule has 1 aromatic heterocycles. The lowest BCUT2D eigenvalue weighted by Gasteiger charge is -2.34. The van der Waals surface area contributed by atoms with Gasteiger partial charge >= 0.3 is 0 Å². The second-order valence-corrected chi connectivity index (χ2v) is 7.34. The number of nitrogens with one attached hydrogen (secondary N) is 1. The summed E-state index contributed by atoms with van der Waals surface area (Å²) in [6.07, 6.45) is 5.13. The molecule has 2 fully saturated rings. The number of hydrogen-bond acceptors (Lipinski definition) is 5. The number of rotatable bonds is 6. The lowest BCUT2D eigenvalue weighted by atomic mass is 9.96. The third-order valence-corrected chi connectivity index (χ3v) is 5.23. The van der Waals surface area contributed by atoms with Gasteiger partial charge in [0.25, 0.3) is 5.91 Å². The average molecular weight is 360 g/mol. The Morgan fingerprint density at radius 3 is 2.69 bits per heavy atom. The molecule has 0 bridgehead atoms. The molecule has 3 heterocycles. The fourth-order valence-electron chi connectivity index (χ4n) is 3.61. The van der Waals surface area contributed by atoms with Crippen LogP contribution in [0.2, 0.25) is 0 Å². The molecule has 0 unspecified atom stereocenters. The molecule has 0 saturated carbocycles. The Labute approximate surface area is 154 Å². The van der Waals surface area contributed by atoms with E-state index in [0.29, 0.717) is 23.7 Å². The van der Waals surface area contributed by atoms with E-state index in [2.05, 4.69) is 10.3 Å². The van der Waals surface area contributed by atoms with Crippen molar-refractivity contribution >= 4 is 17.6 Å². The van der Waals surface area contributed by atoms with Crippen molar-refractivity contribution in [1.29, 1.82) is 0 Å². The van der Waals surface area contributed by atoms with Crippen LogP contribution in [0, 0.1) is 5.92 Å². The molecule has 0 spiro atoms. The highest BCUT2D eigenvalue weighted by Gasteiger charge is 2.28. The average Bonchev–Trinajstić information content (AvgIpc) is 3.07. The van der Waals surface area contributed by atoms with E-state index < -0.39 is 0 Å². The van der Waals surface area contributed by atoms with Crippen molar-refractivity contribution in [3.63, 3.8) is 0 Å². The van der Waals surface area contributed by atoms with E-state index in [4.69, 9.17) is 5.11 Å². The van der Waals surface area contributed by atoms with Crippen LogP contribution in [-0.4, -0.2) is 70.5 Å². The molecular formula is C19H28N4O3. The number of hydrogen-bond donors (Lipinski definition) is 2. The molecule has 2 N–H and O–H groups in total. The first-order chi connectivity index (χ1) is 12.6. The summed E-state index contributed by atoms with van der Waals surface area (Å²) in [6, 6.07) is 3.47. The Kier molecular flexibility index (Phi) is 6.08. The van der Waals surface area contributed by atoms with E-state index in [1.165, 1.54) is 0 Å². The van der Waals surface area contributed by atoms with E-state index in [9.17, 15) is 9.59 Å². The lowest BCUT2D eigenvalue weighted by Crippen LogP contribution is -2.41. The Hall–Kier alpha value is -2.15. The van der Waals surface area contributed by atoms with Crippen molar-refractivity contribution in [2.45, 2.75) is 38.6 Å². The number of carbonyl (C=O) groups is 2. The Morgan fingerprint density at radius 1 is 1.35 bits per heavy atom. The summed E-state index contributed by atoms with van der Waals surface area (Å²) in [7, 11) is 0. The molecule has 0 aromatic carbocycles. The van der Waals surface area contributed by atoms with Crippen LogP contribution >= 0.6 is 0 Å². The van der Waals surface area contributed by atoms with Crippen LogP contribution < -0.4 is 5.32 Å². The predicted molar refractivity (Wildman–Crippen MR) is 98.8 cm³/mol. The Bertz CT molecular complexity index is 626. The number of nitrogens with zero attached hydrogens (tertiary/aromatic N) is 3. The Balaban J connectivity index is 1.49. The quantitative estimate of drug-likeness (QED) is 0.800.